The van der Waals surface area contributed by atoms with Gasteiger partial charge in [0, 0.05) is 28.4 Å². The van der Waals surface area contributed by atoms with Gasteiger partial charge in [0.2, 0.25) is 12.0 Å². The van der Waals surface area contributed by atoms with Crippen LogP contribution in [0.5, 0.6) is 0 Å². The zero-order valence-electron chi connectivity index (χ0n) is 11.9. The van der Waals surface area contributed by atoms with Crippen molar-refractivity contribution in [2.24, 2.45) is 0 Å². The summed E-state index contributed by atoms with van der Waals surface area (Å²) in [4.78, 5) is 4.81. The quantitative estimate of drug-likeness (QED) is 0.527. The molecule has 0 unspecified atom stereocenters. The highest BCUT2D eigenvalue weighted by molar-refractivity contribution is 5.74. The molecule has 0 aliphatic heterocycles. The third kappa shape index (κ3) is 2.23. The first-order valence-electron chi connectivity index (χ1n) is 7.21. The lowest BCUT2D eigenvalue weighted by atomic mass is 10.1. The largest absolute Gasteiger partial charge is 0.264 e. The van der Waals surface area contributed by atoms with Crippen molar-refractivity contribution >= 4 is 5.52 Å². The summed E-state index contributed by atoms with van der Waals surface area (Å²) >= 11 is 0. The van der Waals surface area contributed by atoms with Gasteiger partial charge in [-0.05, 0) is 10.6 Å². The number of aromatic nitrogens is 3. The van der Waals surface area contributed by atoms with Gasteiger partial charge >= 0.3 is 0 Å². The van der Waals surface area contributed by atoms with Crippen molar-refractivity contribution in [1.82, 2.24) is 10.1 Å². The number of hydrogen-bond acceptors (Lipinski definition) is 2. The molecule has 0 saturated carbocycles. The summed E-state index contributed by atoms with van der Waals surface area (Å²) < 4.78 is 1.89. The van der Waals surface area contributed by atoms with Gasteiger partial charge in [-0.1, -0.05) is 60.7 Å². The average molecular weight is 284 g/mol. The monoisotopic (exact) mass is 284 g/mol. The molecule has 0 atom stereocenters. The Morgan fingerprint density at radius 2 is 1.27 bits per heavy atom. The van der Waals surface area contributed by atoms with E-state index in [1.165, 1.54) is 0 Å². The van der Waals surface area contributed by atoms with Gasteiger partial charge in [-0.3, -0.25) is 0 Å². The van der Waals surface area contributed by atoms with Crippen LogP contribution in [0.15, 0.2) is 85.1 Å². The van der Waals surface area contributed by atoms with E-state index in [0.29, 0.717) is 0 Å². The molecule has 2 aromatic carbocycles. The third-order valence-electron chi connectivity index (χ3n) is 3.58. The number of hydrogen-bond donors (Lipinski definition) is 0. The fourth-order valence-electron chi connectivity index (χ4n) is 2.51. The molecule has 2 heterocycles. The molecule has 0 amide bonds. The lowest BCUT2D eigenvalue weighted by Gasteiger charge is -2.03. The predicted molar refractivity (Wildman–Crippen MR) is 86.1 cm³/mol. The van der Waals surface area contributed by atoms with Gasteiger partial charge in [0.25, 0.3) is 5.52 Å². The maximum absolute atomic E-state index is 4.81. The van der Waals surface area contributed by atoms with E-state index in [-0.39, 0.29) is 0 Å². The second-order valence-electron chi connectivity index (χ2n) is 5.05. The van der Waals surface area contributed by atoms with Gasteiger partial charge in [0.05, 0.1) is 0 Å². The smallest absolute Gasteiger partial charge is 0.216 e. The Bertz CT molecular complexity index is 919. The van der Waals surface area contributed by atoms with Crippen LogP contribution in [0.2, 0.25) is 0 Å². The third-order valence-corrected chi connectivity index (χ3v) is 3.58. The van der Waals surface area contributed by atoms with E-state index >= 15 is 0 Å². The number of benzene rings is 2. The van der Waals surface area contributed by atoms with Crippen LogP contribution >= 0.6 is 0 Å². The minimum atomic E-state index is 0.725. The van der Waals surface area contributed by atoms with Gasteiger partial charge < -0.3 is 0 Å². The fraction of sp³-hybridized carbons (Fsp3) is 0. The van der Waals surface area contributed by atoms with Crippen molar-refractivity contribution in [2.75, 3.05) is 0 Å². The molecule has 0 aliphatic carbocycles. The van der Waals surface area contributed by atoms with E-state index < -0.39 is 0 Å². The molecule has 0 N–H and O–H groups in total. The maximum atomic E-state index is 4.81. The van der Waals surface area contributed by atoms with Crippen molar-refractivity contribution in [2.45, 2.75) is 0 Å². The summed E-state index contributed by atoms with van der Waals surface area (Å²) in [6.45, 7) is 0. The van der Waals surface area contributed by atoms with Crippen LogP contribution in [0.4, 0.5) is 0 Å². The van der Waals surface area contributed by atoms with Gasteiger partial charge in [0.15, 0.2) is 0 Å². The Kier molecular flexibility index (Phi) is 3.09. The zero-order valence-corrected chi connectivity index (χ0v) is 11.9. The molecule has 0 bridgehead atoms. The second-order valence-corrected chi connectivity index (χ2v) is 5.05. The molecule has 0 saturated heterocycles. The molecule has 2 aromatic heterocycles. The first kappa shape index (κ1) is 12.7. The molecule has 0 spiro atoms. The van der Waals surface area contributed by atoms with E-state index in [1.54, 1.807) is 0 Å². The summed E-state index contributed by atoms with van der Waals surface area (Å²) in [6.07, 6.45) is 1.95. The molecule has 3 nitrogen and oxygen atoms in total. The van der Waals surface area contributed by atoms with Crippen molar-refractivity contribution in [3.63, 3.8) is 0 Å². The van der Waals surface area contributed by atoms with E-state index in [9.17, 15) is 0 Å². The summed E-state index contributed by atoms with van der Waals surface area (Å²) in [7, 11) is 0. The first-order valence-corrected chi connectivity index (χ1v) is 7.21. The van der Waals surface area contributed by atoms with Crippen molar-refractivity contribution in [3.8, 4) is 22.6 Å². The normalized spacial score (nSPS) is 10.7. The summed E-state index contributed by atoms with van der Waals surface area (Å²) in [6, 6.07) is 26.3. The number of fused-ring (bicyclic) bond motifs is 1. The highest BCUT2D eigenvalue weighted by Gasteiger charge is 2.17. The zero-order chi connectivity index (χ0) is 14.8. The maximum Gasteiger partial charge on any atom is 0.264 e. The Balaban J connectivity index is 2.02. The Hall–Kier alpha value is -3.07. The van der Waals surface area contributed by atoms with Crippen LogP contribution in [0.3, 0.4) is 0 Å². The topological polar surface area (TPSA) is 29.9 Å². The van der Waals surface area contributed by atoms with Crippen LogP contribution in [0, 0.1) is 0 Å². The number of rotatable bonds is 2. The molecule has 22 heavy (non-hydrogen) atoms. The van der Waals surface area contributed by atoms with E-state index in [0.717, 1.165) is 28.2 Å². The van der Waals surface area contributed by atoms with Gasteiger partial charge in [0.1, 0.15) is 5.69 Å². The highest BCUT2D eigenvalue weighted by Crippen LogP contribution is 2.22. The molecule has 4 aromatic rings. The summed E-state index contributed by atoms with van der Waals surface area (Å²) in [5.74, 6) is 0.725. The van der Waals surface area contributed by atoms with Gasteiger partial charge in [-0.25, -0.2) is 4.98 Å². The Morgan fingerprint density at radius 3 is 2.00 bits per heavy atom. The molecule has 104 valence electrons. The molecule has 0 radical (unpaired) electrons. The lowest BCUT2D eigenvalue weighted by molar-refractivity contribution is -0.579. The SMILES string of the molecule is c1ccc(-c2nc(-c3ccccc3)c3cccc[n+]3n2)cc1. The average Bonchev–Trinajstić information content (AvgIpc) is 2.62. The minimum Gasteiger partial charge on any atom is -0.216 e. The van der Waals surface area contributed by atoms with E-state index in [2.05, 4.69) is 17.2 Å². The lowest BCUT2D eigenvalue weighted by Crippen LogP contribution is -2.28. The van der Waals surface area contributed by atoms with Crippen LogP contribution in [0.25, 0.3) is 28.2 Å². The molecular weight excluding hydrogens is 270 g/mol. The Labute approximate surface area is 128 Å². The van der Waals surface area contributed by atoms with E-state index in [1.807, 2.05) is 77.4 Å². The molecular formula is C19H14N3+. The van der Waals surface area contributed by atoms with Crippen molar-refractivity contribution in [1.29, 1.82) is 0 Å². The van der Waals surface area contributed by atoms with Gasteiger partial charge in [-0.2, -0.15) is 0 Å². The van der Waals surface area contributed by atoms with E-state index in [4.69, 9.17) is 4.98 Å². The van der Waals surface area contributed by atoms with Crippen molar-refractivity contribution < 1.29 is 4.52 Å². The van der Waals surface area contributed by atoms with Crippen LogP contribution in [-0.4, -0.2) is 10.1 Å². The van der Waals surface area contributed by atoms with Crippen LogP contribution in [0.1, 0.15) is 0 Å². The molecule has 3 heteroatoms. The number of nitrogens with zero attached hydrogens (tertiary/aromatic N) is 3. The molecule has 0 aliphatic rings. The predicted octanol–water partition coefficient (Wildman–Crippen LogP) is 3.55. The highest BCUT2D eigenvalue weighted by atomic mass is 15.2. The second kappa shape index (κ2) is 5.37. The van der Waals surface area contributed by atoms with Gasteiger partial charge in [-0.15, -0.1) is 0 Å². The summed E-state index contributed by atoms with van der Waals surface area (Å²) in [5, 5.41) is 4.64. The first-order chi connectivity index (χ1) is 10.9. The minimum absolute atomic E-state index is 0.725. The number of pyridine rings is 1. The molecule has 4 rings (SSSR count). The molecule has 0 fully saturated rings. The standard InChI is InChI=1S/C19H14N3/c1-3-9-15(10-4-1)18-17-13-7-8-14-22(17)21-19(20-18)16-11-5-2-6-12-16/h1-14H/q+1. The fourth-order valence-corrected chi connectivity index (χ4v) is 2.51. The van der Waals surface area contributed by atoms with Crippen LogP contribution in [-0.2, 0) is 0 Å². The Morgan fingerprint density at radius 1 is 0.636 bits per heavy atom. The summed E-state index contributed by atoms with van der Waals surface area (Å²) in [5.41, 5.74) is 4.03. The van der Waals surface area contributed by atoms with Crippen LogP contribution < -0.4 is 4.52 Å². The van der Waals surface area contributed by atoms with Crippen molar-refractivity contribution in [3.05, 3.63) is 85.1 Å².